The average Bonchev–Trinajstić information content (AvgIpc) is 2.60. The molecule has 0 amide bonds. The molecule has 0 heterocycles. The summed E-state index contributed by atoms with van der Waals surface area (Å²) in [7, 11) is 0. The van der Waals surface area contributed by atoms with Crippen molar-refractivity contribution in [3.8, 4) is 11.5 Å². The van der Waals surface area contributed by atoms with Gasteiger partial charge in [0, 0.05) is 0 Å². The minimum absolute atomic E-state index is 0.0707. The van der Waals surface area contributed by atoms with Gasteiger partial charge in [0.1, 0.15) is 11.5 Å². The molecule has 1 atom stereocenters. The van der Waals surface area contributed by atoms with E-state index in [2.05, 4.69) is 4.74 Å². The Bertz CT molecular complexity index is 935. The molecular weight excluding hydrogens is 423 g/mol. The number of carboxylic acid groups (broad SMARTS) is 1. The highest BCUT2D eigenvalue weighted by molar-refractivity contribution is 6.32. The maximum atomic E-state index is 12.7. The molecule has 2 aromatic rings. The van der Waals surface area contributed by atoms with Crippen LogP contribution in [-0.2, 0) is 26.9 Å². The summed E-state index contributed by atoms with van der Waals surface area (Å²) in [5.74, 6) is -3.06. The van der Waals surface area contributed by atoms with Crippen molar-refractivity contribution >= 4 is 23.5 Å². The van der Waals surface area contributed by atoms with E-state index in [1.54, 1.807) is 0 Å². The number of rotatable bonds is 7. The smallest absolute Gasteiger partial charge is 0.453 e. The summed E-state index contributed by atoms with van der Waals surface area (Å²) in [5, 5.41) is 18.9. The molecule has 0 fully saturated rings. The summed E-state index contributed by atoms with van der Waals surface area (Å²) in [6, 6.07) is 8.13. The number of carbonyl (C=O) groups is 2. The third-order valence-electron chi connectivity index (χ3n) is 3.38. The van der Waals surface area contributed by atoms with Crippen molar-refractivity contribution in [2.24, 2.45) is 0 Å². The van der Waals surface area contributed by atoms with Gasteiger partial charge < -0.3 is 14.6 Å². The van der Waals surface area contributed by atoms with E-state index in [-0.39, 0.29) is 22.1 Å². The normalized spacial score (nSPS) is 12.1. The van der Waals surface area contributed by atoms with Crippen LogP contribution < -0.4 is 4.74 Å². The Labute approximate surface area is 165 Å². The second kappa shape index (κ2) is 8.78. The van der Waals surface area contributed by atoms with Crippen molar-refractivity contribution in [1.82, 2.24) is 0 Å². The molecule has 8 nitrogen and oxygen atoms in total. The van der Waals surface area contributed by atoms with Crippen LogP contribution >= 0.6 is 11.6 Å². The summed E-state index contributed by atoms with van der Waals surface area (Å²) < 4.78 is 47.7. The second-order valence-corrected chi connectivity index (χ2v) is 5.94. The van der Waals surface area contributed by atoms with Crippen LogP contribution in [0.15, 0.2) is 42.5 Å². The summed E-state index contributed by atoms with van der Waals surface area (Å²) in [4.78, 5) is 31.7. The van der Waals surface area contributed by atoms with E-state index in [1.165, 1.54) is 24.3 Å². The quantitative estimate of drug-likeness (QED) is 0.304. The van der Waals surface area contributed by atoms with Gasteiger partial charge in [0.2, 0.25) is 0 Å². The van der Waals surface area contributed by atoms with E-state index < -0.39 is 41.3 Å². The Balaban J connectivity index is 2.11. The van der Waals surface area contributed by atoms with E-state index in [4.69, 9.17) is 21.4 Å². The van der Waals surface area contributed by atoms with Crippen LogP contribution in [0.25, 0.3) is 0 Å². The Hall–Kier alpha value is -3.34. The van der Waals surface area contributed by atoms with E-state index in [0.717, 1.165) is 12.1 Å². The molecule has 0 aromatic heterocycles. The number of aliphatic carboxylic acids is 1. The van der Waals surface area contributed by atoms with Crippen LogP contribution in [0.5, 0.6) is 11.5 Å². The largest absolute Gasteiger partial charge is 0.473 e. The number of ether oxygens (including phenoxy) is 2. The summed E-state index contributed by atoms with van der Waals surface area (Å²) in [5.41, 5.74) is -0.701. The standard InChI is InChI=1S/C17H11ClF3NO7/c18-12-8-10(17(19,20)21)4-5-13(12)28-11-3-1-2-9(6-11)7-14(23)29-15(16(24)25)22(26)27/h1-6,8,15H,7H2,(H,24,25). The molecule has 0 saturated carbocycles. The maximum absolute atomic E-state index is 12.7. The van der Waals surface area contributed by atoms with Crippen molar-refractivity contribution in [2.75, 3.05) is 0 Å². The van der Waals surface area contributed by atoms with Gasteiger partial charge in [0.15, 0.2) is 0 Å². The van der Waals surface area contributed by atoms with Gasteiger partial charge in [-0.25, -0.2) is 4.79 Å². The number of esters is 1. The Kier molecular flexibility index (Phi) is 6.64. The van der Waals surface area contributed by atoms with E-state index in [1.807, 2.05) is 0 Å². The van der Waals surface area contributed by atoms with Gasteiger partial charge in [0.05, 0.1) is 21.9 Å². The number of hydrogen-bond donors (Lipinski definition) is 1. The molecule has 12 heteroatoms. The molecule has 2 aromatic carbocycles. The fourth-order valence-corrected chi connectivity index (χ4v) is 2.34. The first-order valence-corrected chi connectivity index (χ1v) is 8.04. The number of nitrogens with zero attached hydrogens (tertiary/aromatic N) is 1. The van der Waals surface area contributed by atoms with Crippen molar-refractivity contribution in [2.45, 2.75) is 18.8 Å². The molecule has 1 N–H and O–H groups in total. The first kappa shape index (κ1) is 22.0. The summed E-state index contributed by atoms with van der Waals surface area (Å²) in [6.45, 7) is 0. The fourth-order valence-electron chi connectivity index (χ4n) is 2.12. The molecular formula is C17H11ClF3NO7. The number of halogens is 4. The second-order valence-electron chi connectivity index (χ2n) is 5.54. The zero-order valence-electron chi connectivity index (χ0n) is 14.2. The average molecular weight is 434 g/mol. The highest BCUT2D eigenvalue weighted by atomic mass is 35.5. The molecule has 0 radical (unpaired) electrons. The predicted molar refractivity (Wildman–Crippen MR) is 91.2 cm³/mol. The predicted octanol–water partition coefficient (Wildman–Crippen LogP) is 3.92. The summed E-state index contributed by atoms with van der Waals surface area (Å²) >= 11 is 5.81. The van der Waals surface area contributed by atoms with Crippen LogP contribution in [0.1, 0.15) is 11.1 Å². The van der Waals surface area contributed by atoms with Gasteiger partial charge >= 0.3 is 24.3 Å². The minimum atomic E-state index is -4.57. The van der Waals surface area contributed by atoms with E-state index in [9.17, 15) is 32.9 Å². The molecule has 154 valence electrons. The summed E-state index contributed by atoms with van der Waals surface area (Å²) in [6.07, 6.45) is -7.61. The molecule has 0 bridgehead atoms. The molecule has 0 aliphatic rings. The van der Waals surface area contributed by atoms with Crippen molar-refractivity contribution < 1.29 is 42.3 Å². The molecule has 2 rings (SSSR count). The Morgan fingerprint density at radius 1 is 1.21 bits per heavy atom. The van der Waals surface area contributed by atoms with Gasteiger partial charge in [-0.1, -0.05) is 23.7 Å². The fraction of sp³-hybridized carbons (Fsp3) is 0.176. The van der Waals surface area contributed by atoms with Crippen LogP contribution in [-0.4, -0.2) is 28.2 Å². The third-order valence-corrected chi connectivity index (χ3v) is 3.68. The highest BCUT2D eigenvalue weighted by Crippen LogP contribution is 2.36. The first-order chi connectivity index (χ1) is 13.5. The van der Waals surface area contributed by atoms with Crippen molar-refractivity contribution in [3.05, 3.63) is 68.7 Å². The van der Waals surface area contributed by atoms with Gasteiger partial charge in [-0.2, -0.15) is 13.2 Å². The van der Waals surface area contributed by atoms with Gasteiger partial charge in [-0.15, -0.1) is 0 Å². The van der Waals surface area contributed by atoms with Crippen LogP contribution in [0, 0.1) is 10.1 Å². The number of carboxylic acids is 1. The van der Waals surface area contributed by atoms with Gasteiger partial charge in [-0.3, -0.25) is 14.9 Å². The van der Waals surface area contributed by atoms with Crippen LogP contribution in [0.3, 0.4) is 0 Å². The van der Waals surface area contributed by atoms with Gasteiger partial charge in [0.25, 0.3) is 0 Å². The van der Waals surface area contributed by atoms with E-state index in [0.29, 0.717) is 6.07 Å². The highest BCUT2D eigenvalue weighted by Gasteiger charge is 2.33. The maximum Gasteiger partial charge on any atom is 0.453 e. The lowest BCUT2D eigenvalue weighted by Gasteiger charge is -2.12. The lowest BCUT2D eigenvalue weighted by Crippen LogP contribution is -2.34. The SMILES string of the molecule is O=C(Cc1cccc(Oc2ccc(C(F)(F)F)cc2Cl)c1)OC(C(=O)O)[N+](=O)[O-]. The molecule has 0 saturated heterocycles. The van der Waals surface area contributed by atoms with E-state index >= 15 is 0 Å². The lowest BCUT2D eigenvalue weighted by molar-refractivity contribution is -0.553. The number of benzene rings is 2. The van der Waals surface area contributed by atoms with Crippen molar-refractivity contribution in [1.29, 1.82) is 0 Å². The number of nitro groups is 1. The number of carbonyl (C=O) groups excluding carboxylic acids is 1. The Morgan fingerprint density at radius 2 is 1.90 bits per heavy atom. The zero-order chi connectivity index (χ0) is 21.8. The van der Waals surface area contributed by atoms with Crippen molar-refractivity contribution in [3.63, 3.8) is 0 Å². The molecule has 29 heavy (non-hydrogen) atoms. The number of hydrogen-bond acceptors (Lipinski definition) is 6. The lowest BCUT2D eigenvalue weighted by atomic mass is 10.1. The topological polar surface area (TPSA) is 116 Å². The van der Waals surface area contributed by atoms with Gasteiger partial charge in [-0.05, 0) is 35.9 Å². The third kappa shape index (κ3) is 6.07. The molecule has 0 spiro atoms. The number of alkyl halides is 3. The monoisotopic (exact) mass is 433 g/mol. The minimum Gasteiger partial charge on any atom is -0.473 e. The molecule has 0 aliphatic carbocycles. The molecule has 0 aliphatic heterocycles. The zero-order valence-corrected chi connectivity index (χ0v) is 14.9. The Morgan fingerprint density at radius 3 is 2.45 bits per heavy atom. The first-order valence-electron chi connectivity index (χ1n) is 7.66. The van der Waals surface area contributed by atoms with Crippen LogP contribution in [0.2, 0.25) is 5.02 Å². The molecule has 1 unspecified atom stereocenters. The van der Waals surface area contributed by atoms with Crippen LogP contribution in [0.4, 0.5) is 13.2 Å².